The summed E-state index contributed by atoms with van der Waals surface area (Å²) in [6.45, 7) is 13.2. The quantitative estimate of drug-likeness (QED) is 0.531. The van der Waals surface area contributed by atoms with E-state index in [1.807, 2.05) is 0 Å². The Balaban J connectivity index is 3.95. The Morgan fingerprint density at radius 3 is 2.11 bits per heavy atom. The van der Waals surface area contributed by atoms with E-state index in [2.05, 4.69) is 39.2 Å². The van der Waals surface area contributed by atoms with E-state index in [9.17, 15) is 0 Å². The number of rotatable bonds is 3. The van der Waals surface area contributed by atoms with Gasteiger partial charge < -0.3 is 0 Å². The molecule has 0 spiro atoms. The van der Waals surface area contributed by atoms with Gasteiger partial charge in [0.25, 0.3) is 0 Å². The zero-order valence-corrected chi connectivity index (χ0v) is 8.07. The monoisotopic (exact) mass is 142 g/mol. The first-order valence-electron chi connectivity index (χ1n) is 3.68. The summed E-state index contributed by atoms with van der Waals surface area (Å²) in [7, 11) is -1.02. The van der Waals surface area contributed by atoms with Crippen molar-refractivity contribution in [2.75, 3.05) is 0 Å². The van der Waals surface area contributed by atoms with Crippen molar-refractivity contribution in [3.8, 4) is 0 Å². The van der Waals surface area contributed by atoms with Crippen molar-refractivity contribution in [1.82, 2.24) is 0 Å². The molecule has 0 radical (unpaired) electrons. The summed E-state index contributed by atoms with van der Waals surface area (Å²) in [6, 6.07) is 0. The van der Waals surface area contributed by atoms with Crippen LogP contribution in [0.25, 0.3) is 0 Å². The van der Waals surface area contributed by atoms with Gasteiger partial charge in [0.1, 0.15) is 0 Å². The predicted octanol–water partition coefficient (Wildman–Crippen LogP) is 3.22. The molecule has 0 aromatic rings. The van der Waals surface area contributed by atoms with E-state index in [4.69, 9.17) is 0 Å². The Labute approximate surface area is 60.0 Å². The summed E-state index contributed by atoms with van der Waals surface area (Å²) in [6.07, 6.45) is 1.30. The minimum Gasteiger partial charge on any atom is -0.107 e. The third-order valence-corrected chi connectivity index (χ3v) is 6.41. The van der Waals surface area contributed by atoms with Gasteiger partial charge in [0.2, 0.25) is 0 Å². The van der Waals surface area contributed by atoms with Crippen molar-refractivity contribution in [3.05, 3.63) is 12.3 Å². The SMILES string of the molecule is C=C[Si](C)(C)C(C)CC. The highest BCUT2D eigenvalue weighted by Gasteiger charge is 2.22. The molecule has 1 unspecified atom stereocenters. The molecule has 0 saturated heterocycles. The third kappa shape index (κ3) is 2.35. The van der Waals surface area contributed by atoms with Gasteiger partial charge >= 0.3 is 0 Å². The van der Waals surface area contributed by atoms with Crippen LogP contribution in [0.3, 0.4) is 0 Å². The van der Waals surface area contributed by atoms with Crippen LogP contribution in [-0.2, 0) is 0 Å². The van der Waals surface area contributed by atoms with Gasteiger partial charge in [0.05, 0.1) is 8.07 Å². The summed E-state index contributed by atoms with van der Waals surface area (Å²) < 4.78 is 0. The lowest BCUT2D eigenvalue weighted by molar-refractivity contribution is 0.848. The normalized spacial score (nSPS) is 15.1. The van der Waals surface area contributed by atoms with Crippen LogP contribution in [0.2, 0.25) is 18.6 Å². The van der Waals surface area contributed by atoms with Crippen LogP contribution < -0.4 is 0 Å². The maximum Gasteiger partial charge on any atom is 0.0737 e. The van der Waals surface area contributed by atoms with Gasteiger partial charge in [-0.2, -0.15) is 0 Å². The second-order valence-electron chi connectivity index (χ2n) is 3.33. The summed E-state index contributed by atoms with van der Waals surface area (Å²) in [5.74, 6) is 0. The summed E-state index contributed by atoms with van der Waals surface area (Å²) in [5, 5.41) is 0. The van der Waals surface area contributed by atoms with E-state index in [0.717, 1.165) is 5.54 Å². The van der Waals surface area contributed by atoms with Crippen LogP contribution in [-0.4, -0.2) is 8.07 Å². The van der Waals surface area contributed by atoms with Gasteiger partial charge in [0.15, 0.2) is 0 Å². The minimum atomic E-state index is -1.02. The molecule has 0 amide bonds. The molecule has 0 aliphatic carbocycles. The van der Waals surface area contributed by atoms with E-state index in [0.29, 0.717) is 0 Å². The highest BCUT2D eigenvalue weighted by Crippen LogP contribution is 2.24. The largest absolute Gasteiger partial charge is 0.107 e. The Kier molecular flexibility index (Phi) is 3.19. The Morgan fingerprint density at radius 2 is 2.00 bits per heavy atom. The fraction of sp³-hybridized carbons (Fsp3) is 0.750. The van der Waals surface area contributed by atoms with E-state index in [1.54, 1.807) is 0 Å². The van der Waals surface area contributed by atoms with Crippen LogP contribution in [0.1, 0.15) is 20.3 Å². The molecule has 0 aromatic heterocycles. The van der Waals surface area contributed by atoms with E-state index in [1.165, 1.54) is 6.42 Å². The molecule has 0 N–H and O–H groups in total. The van der Waals surface area contributed by atoms with Crippen molar-refractivity contribution >= 4 is 8.07 Å². The summed E-state index contributed by atoms with van der Waals surface area (Å²) in [4.78, 5) is 0. The topological polar surface area (TPSA) is 0 Å². The first kappa shape index (κ1) is 8.96. The van der Waals surface area contributed by atoms with E-state index >= 15 is 0 Å². The van der Waals surface area contributed by atoms with E-state index in [-0.39, 0.29) is 0 Å². The second kappa shape index (κ2) is 3.21. The molecule has 1 heteroatoms. The third-order valence-electron chi connectivity index (χ3n) is 2.41. The highest BCUT2D eigenvalue weighted by molar-refractivity contribution is 6.83. The van der Waals surface area contributed by atoms with Gasteiger partial charge in [-0.15, -0.1) is 12.3 Å². The molecule has 0 aliphatic heterocycles. The van der Waals surface area contributed by atoms with Gasteiger partial charge in [0, 0.05) is 0 Å². The van der Waals surface area contributed by atoms with Crippen LogP contribution in [0.15, 0.2) is 12.3 Å². The smallest absolute Gasteiger partial charge is 0.0737 e. The van der Waals surface area contributed by atoms with Gasteiger partial charge in [-0.05, 0) is 5.54 Å². The molecule has 9 heavy (non-hydrogen) atoms. The molecule has 0 saturated carbocycles. The molecular formula is C8H18Si. The second-order valence-corrected chi connectivity index (χ2v) is 8.37. The van der Waals surface area contributed by atoms with Crippen LogP contribution >= 0.6 is 0 Å². The maximum absolute atomic E-state index is 3.86. The molecular weight excluding hydrogens is 124 g/mol. The minimum absolute atomic E-state index is 0.884. The predicted molar refractivity (Wildman–Crippen MR) is 47.4 cm³/mol. The molecule has 0 aliphatic rings. The molecule has 1 atom stereocenters. The van der Waals surface area contributed by atoms with E-state index < -0.39 is 8.07 Å². The van der Waals surface area contributed by atoms with Crippen LogP contribution in [0.4, 0.5) is 0 Å². The fourth-order valence-corrected chi connectivity index (χ4v) is 2.18. The molecule has 54 valence electrons. The van der Waals surface area contributed by atoms with Crippen molar-refractivity contribution in [1.29, 1.82) is 0 Å². The number of hydrogen-bond donors (Lipinski definition) is 0. The zero-order valence-electron chi connectivity index (χ0n) is 7.07. The molecule has 0 aromatic carbocycles. The molecule has 0 nitrogen and oxygen atoms in total. The molecule has 0 fully saturated rings. The van der Waals surface area contributed by atoms with Gasteiger partial charge in [-0.1, -0.05) is 33.4 Å². The first-order chi connectivity index (χ1) is 4.04. The van der Waals surface area contributed by atoms with Crippen LogP contribution in [0.5, 0.6) is 0 Å². The van der Waals surface area contributed by atoms with Gasteiger partial charge in [-0.3, -0.25) is 0 Å². The average Bonchev–Trinajstić information content (AvgIpc) is 1.86. The average molecular weight is 142 g/mol. The van der Waals surface area contributed by atoms with Crippen molar-refractivity contribution in [2.45, 2.75) is 38.9 Å². The lowest BCUT2D eigenvalue weighted by Gasteiger charge is -2.24. The maximum atomic E-state index is 3.86. The Morgan fingerprint density at radius 1 is 1.56 bits per heavy atom. The van der Waals surface area contributed by atoms with Crippen molar-refractivity contribution in [3.63, 3.8) is 0 Å². The van der Waals surface area contributed by atoms with Crippen molar-refractivity contribution < 1.29 is 0 Å². The Hall–Kier alpha value is -0.0431. The molecule has 0 rings (SSSR count). The lowest BCUT2D eigenvalue weighted by atomic mass is 10.4. The zero-order chi connectivity index (χ0) is 7.49. The fourth-order valence-electron chi connectivity index (χ4n) is 0.727. The van der Waals surface area contributed by atoms with Crippen molar-refractivity contribution in [2.24, 2.45) is 0 Å². The van der Waals surface area contributed by atoms with Crippen LogP contribution in [0, 0.1) is 0 Å². The summed E-state index contributed by atoms with van der Waals surface area (Å²) in [5.41, 5.74) is 3.07. The van der Waals surface area contributed by atoms with Gasteiger partial charge in [-0.25, -0.2) is 0 Å². The standard InChI is InChI=1S/C8H18Si/c1-6-8(3)9(4,5)7-2/h7-8H,2,6H2,1,3-5H3. The highest BCUT2D eigenvalue weighted by atomic mass is 28.3. The lowest BCUT2D eigenvalue weighted by Crippen LogP contribution is -2.27. The molecule has 0 heterocycles. The summed E-state index contributed by atoms with van der Waals surface area (Å²) >= 11 is 0. The Bertz CT molecular complexity index is 94.7. The first-order valence-corrected chi connectivity index (χ1v) is 6.83. The number of hydrogen-bond acceptors (Lipinski definition) is 0. The molecule has 0 bridgehead atoms.